The van der Waals surface area contributed by atoms with Crippen molar-refractivity contribution in [1.82, 2.24) is 29.9 Å². The highest BCUT2D eigenvalue weighted by Crippen LogP contribution is 2.12. The molecule has 2 rings (SSSR count). The molecule has 118 valence electrons. The molecule has 7 nitrogen and oxygen atoms in total. The van der Waals surface area contributed by atoms with Crippen LogP contribution in [0.2, 0.25) is 0 Å². The second-order valence-corrected chi connectivity index (χ2v) is 5.92. The van der Waals surface area contributed by atoms with Crippen LogP contribution in [0.1, 0.15) is 18.1 Å². The Balaban J connectivity index is 1.67. The lowest BCUT2D eigenvalue weighted by Crippen LogP contribution is -2.39. The Bertz CT molecular complexity index is 484. The maximum Gasteiger partial charge on any atom is 0.234 e. The summed E-state index contributed by atoms with van der Waals surface area (Å²) in [5.74, 6) is 1.74. The van der Waals surface area contributed by atoms with Crippen LogP contribution in [0.4, 0.5) is 0 Å². The molecule has 0 spiro atoms. The number of nitrogens with one attached hydrogen (secondary N) is 1. The van der Waals surface area contributed by atoms with Gasteiger partial charge in [0.1, 0.15) is 11.6 Å². The minimum Gasteiger partial charge on any atom is -0.353 e. The lowest BCUT2D eigenvalue weighted by Gasteiger charge is -2.20. The van der Waals surface area contributed by atoms with Gasteiger partial charge in [0.2, 0.25) is 5.91 Å². The predicted octanol–water partition coefficient (Wildman–Crippen LogP) is -0.353. The standard InChI is InChI=1S/C14H26N6O/c1-11-16-12(2)20(17-11)8-6-15-14(21)10-19-7-5-13(9-19)18(3)4/h13H,5-10H2,1-4H3,(H,15,21)/t13-/m1/s1. The van der Waals surface area contributed by atoms with Gasteiger partial charge in [0.05, 0.1) is 13.1 Å². The van der Waals surface area contributed by atoms with Crippen LogP contribution < -0.4 is 5.32 Å². The monoisotopic (exact) mass is 294 g/mol. The van der Waals surface area contributed by atoms with E-state index in [2.05, 4.69) is 39.3 Å². The van der Waals surface area contributed by atoms with Crippen LogP contribution in [0.15, 0.2) is 0 Å². The predicted molar refractivity (Wildman–Crippen MR) is 81.0 cm³/mol. The smallest absolute Gasteiger partial charge is 0.234 e. The number of likely N-dealkylation sites (N-methyl/N-ethyl adjacent to an activating group) is 1. The number of rotatable bonds is 6. The first kappa shape index (κ1) is 15.9. The molecule has 1 fully saturated rings. The third kappa shape index (κ3) is 4.50. The van der Waals surface area contributed by atoms with E-state index in [0.717, 1.165) is 31.2 Å². The van der Waals surface area contributed by atoms with Crippen LogP contribution >= 0.6 is 0 Å². The minimum absolute atomic E-state index is 0.0869. The number of aromatic nitrogens is 3. The molecular formula is C14H26N6O. The van der Waals surface area contributed by atoms with E-state index in [4.69, 9.17) is 0 Å². The molecular weight excluding hydrogens is 268 g/mol. The van der Waals surface area contributed by atoms with Gasteiger partial charge in [-0.25, -0.2) is 9.67 Å². The number of likely N-dealkylation sites (tertiary alicyclic amines) is 1. The summed E-state index contributed by atoms with van der Waals surface area (Å²) in [5.41, 5.74) is 0. The summed E-state index contributed by atoms with van der Waals surface area (Å²) >= 11 is 0. The zero-order chi connectivity index (χ0) is 15.4. The van der Waals surface area contributed by atoms with Crippen LogP contribution in [0.25, 0.3) is 0 Å². The highest BCUT2D eigenvalue weighted by atomic mass is 16.2. The Labute approximate surface area is 126 Å². The average Bonchev–Trinajstić information content (AvgIpc) is 2.97. The molecule has 21 heavy (non-hydrogen) atoms. The van der Waals surface area contributed by atoms with Crippen LogP contribution in [0.5, 0.6) is 0 Å². The molecule has 0 saturated carbocycles. The van der Waals surface area contributed by atoms with Gasteiger partial charge in [0.15, 0.2) is 0 Å². The molecule has 1 aromatic heterocycles. The average molecular weight is 294 g/mol. The molecule has 1 saturated heterocycles. The molecule has 1 N–H and O–H groups in total. The maximum atomic E-state index is 11.9. The lowest BCUT2D eigenvalue weighted by atomic mass is 10.2. The number of hydrogen-bond acceptors (Lipinski definition) is 5. The zero-order valence-electron chi connectivity index (χ0n) is 13.5. The molecule has 0 aliphatic carbocycles. The van der Waals surface area contributed by atoms with Crippen LogP contribution in [0.3, 0.4) is 0 Å². The van der Waals surface area contributed by atoms with E-state index in [1.54, 1.807) is 0 Å². The molecule has 0 aromatic carbocycles. The highest BCUT2D eigenvalue weighted by molar-refractivity contribution is 5.78. The van der Waals surface area contributed by atoms with Gasteiger partial charge in [0.25, 0.3) is 0 Å². The Hall–Kier alpha value is -1.47. The third-order valence-corrected chi connectivity index (χ3v) is 3.95. The second-order valence-electron chi connectivity index (χ2n) is 5.92. The van der Waals surface area contributed by atoms with E-state index in [0.29, 0.717) is 25.7 Å². The molecule has 1 amide bonds. The Kier molecular flexibility index (Phi) is 5.30. The van der Waals surface area contributed by atoms with Crippen LogP contribution in [0, 0.1) is 13.8 Å². The summed E-state index contributed by atoms with van der Waals surface area (Å²) in [6, 6.07) is 0.568. The Morgan fingerprint density at radius 1 is 1.43 bits per heavy atom. The van der Waals surface area contributed by atoms with Crippen molar-refractivity contribution >= 4 is 5.91 Å². The summed E-state index contributed by atoms with van der Waals surface area (Å²) in [7, 11) is 4.19. The van der Waals surface area contributed by atoms with E-state index >= 15 is 0 Å². The lowest BCUT2D eigenvalue weighted by molar-refractivity contribution is -0.122. The van der Waals surface area contributed by atoms with Crippen LogP contribution in [-0.2, 0) is 11.3 Å². The molecule has 1 aliphatic heterocycles. The number of amides is 1. The van der Waals surface area contributed by atoms with Crippen molar-refractivity contribution in [3.8, 4) is 0 Å². The largest absolute Gasteiger partial charge is 0.353 e. The van der Waals surface area contributed by atoms with Crippen molar-refractivity contribution in [2.24, 2.45) is 0 Å². The molecule has 0 bridgehead atoms. The van der Waals surface area contributed by atoms with Gasteiger partial charge in [-0.15, -0.1) is 0 Å². The fraction of sp³-hybridized carbons (Fsp3) is 0.786. The van der Waals surface area contributed by atoms with Gasteiger partial charge in [0, 0.05) is 25.7 Å². The quantitative estimate of drug-likeness (QED) is 0.777. The normalized spacial score (nSPS) is 19.4. The summed E-state index contributed by atoms with van der Waals surface area (Å²) < 4.78 is 1.83. The maximum absolute atomic E-state index is 11.9. The summed E-state index contributed by atoms with van der Waals surface area (Å²) in [5, 5.41) is 7.23. The highest BCUT2D eigenvalue weighted by Gasteiger charge is 2.24. The third-order valence-electron chi connectivity index (χ3n) is 3.95. The number of carbonyl (C=O) groups is 1. The van der Waals surface area contributed by atoms with Crippen molar-refractivity contribution < 1.29 is 4.79 Å². The number of hydrogen-bond donors (Lipinski definition) is 1. The summed E-state index contributed by atoms with van der Waals surface area (Å²) in [4.78, 5) is 20.6. The molecule has 1 aromatic rings. The van der Waals surface area contributed by atoms with Gasteiger partial charge < -0.3 is 10.2 Å². The minimum atomic E-state index is 0.0869. The fourth-order valence-corrected chi connectivity index (χ4v) is 2.71. The van der Waals surface area contributed by atoms with E-state index in [1.165, 1.54) is 0 Å². The summed E-state index contributed by atoms with van der Waals surface area (Å²) in [6.07, 6.45) is 1.14. The van der Waals surface area contributed by atoms with Gasteiger partial charge in [-0.3, -0.25) is 9.69 Å². The Morgan fingerprint density at radius 2 is 2.19 bits per heavy atom. The van der Waals surface area contributed by atoms with Gasteiger partial charge in [-0.2, -0.15) is 5.10 Å². The van der Waals surface area contributed by atoms with E-state index in [9.17, 15) is 4.79 Å². The van der Waals surface area contributed by atoms with Gasteiger partial charge >= 0.3 is 0 Å². The van der Waals surface area contributed by atoms with Crippen molar-refractivity contribution in [2.45, 2.75) is 32.9 Å². The first-order chi connectivity index (χ1) is 9.95. The molecule has 1 atom stereocenters. The molecule has 7 heteroatoms. The number of aryl methyl sites for hydroxylation is 2. The first-order valence-corrected chi connectivity index (χ1v) is 7.49. The topological polar surface area (TPSA) is 66.3 Å². The number of nitrogens with zero attached hydrogens (tertiary/aromatic N) is 5. The zero-order valence-corrected chi connectivity index (χ0v) is 13.5. The van der Waals surface area contributed by atoms with Gasteiger partial charge in [-0.05, 0) is 34.4 Å². The van der Waals surface area contributed by atoms with Crippen LogP contribution in [-0.4, -0.2) is 76.8 Å². The van der Waals surface area contributed by atoms with Crippen molar-refractivity contribution in [1.29, 1.82) is 0 Å². The fourth-order valence-electron chi connectivity index (χ4n) is 2.71. The molecule has 0 radical (unpaired) electrons. The van der Waals surface area contributed by atoms with Crippen molar-refractivity contribution in [2.75, 3.05) is 40.3 Å². The van der Waals surface area contributed by atoms with Gasteiger partial charge in [-0.1, -0.05) is 0 Å². The molecule has 0 unspecified atom stereocenters. The SMILES string of the molecule is Cc1nc(C)n(CCNC(=O)CN2CC[C@@H](N(C)C)C2)n1. The molecule has 2 heterocycles. The summed E-state index contributed by atoms with van der Waals surface area (Å²) in [6.45, 7) is 7.51. The van der Waals surface area contributed by atoms with Crippen molar-refractivity contribution in [3.05, 3.63) is 11.6 Å². The molecule has 1 aliphatic rings. The second kappa shape index (κ2) is 7.00. The Morgan fingerprint density at radius 3 is 2.76 bits per heavy atom. The van der Waals surface area contributed by atoms with E-state index < -0.39 is 0 Å². The number of carbonyl (C=O) groups excluding carboxylic acids is 1. The van der Waals surface area contributed by atoms with E-state index in [1.807, 2.05) is 18.5 Å². The first-order valence-electron chi connectivity index (χ1n) is 7.49. The van der Waals surface area contributed by atoms with Crippen molar-refractivity contribution in [3.63, 3.8) is 0 Å². The van der Waals surface area contributed by atoms with E-state index in [-0.39, 0.29) is 5.91 Å².